The Hall–Kier alpha value is -1.77. The number of benzene rings is 1. The highest BCUT2D eigenvalue weighted by molar-refractivity contribution is 7.91. The van der Waals surface area contributed by atoms with Crippen LogP contribution in [0.2, 0.25) is 0 Å². The summed E-state index contributed by atoms with van der Waals surface area (Å²) in [6.45, 7) is 1.73. The average Bonchev–Trinajstić information content (AvgIpc) is 2.82. The molecule has 2 rings (SSSR count). The topological polar surface area (TPSA) is 89.3 Å². The van der Waals surface area contributed by atoms with Gasteiger partial charge >= 0.3 is 0 Å². The molecule has 0 aliphatic rings. The molecule has 106 valence electrons. The van der Waals surface area contributed by atoms with Crippen molar-refractivity contribution in [2.24, 2.45) is 5.14 Å². The van der Waals surface area contributed by atoms with E-state index >= 15 is 0 Å². The van der Waals surface area contributed by atoms with Gasteiger partial charge in [0.25, 0.3) is 5.91 Å². The first kappa shape index (κ1) is 14.6. The Balaban J connectivity index is 2.22. The molecule has 1 heterocycles. The lowest BCUT2D eigenvalue weighted by Gasteiger charge is -2.05. The third-order valence-corrected chi connectivity index (χ3v) is 4.88. The summed E-state index contributed by atoms with van der Waals surface area (Å²) in [5.74, 6) is -1.15. The number of carbonyl (C=O) groups is 1. The van der Waals surface area contributed by atoms with Gasteiger partial charge in [0.2, 0.25) is 10.0 Å². The summed E-state index contributed by atoms with van der Waals surface area (Å²) in [6.07, 6.45) is 0. The van der Waals surface area contributed by atoms with Crippen molar-refractivity contribution in [1.29, 1.82) is 0 Å². The minimum Gasteiger partial charge on any atom is -0.319 e. The van der Waals surface area contributed by atoms with Crippen molar-refractivity contribution < 1.29 is 17.6 Å². The molecule has 0 fully saturated rings. The number of sulfonamides is 1. The lowest BCUT2D eigenvalue weighted by molar-refractivity contribution is 0.102. The van der Waals surface area contributed by atoms with Crippen LogP contribution in [0.5, 0.6) is 0 Å². The Morgan fingerprint density at radius 3 is 2.60 bits per heavy atom. The maximum absolute atomic E-state index is 13.6. The molecule has 5 nitrogen and oxygen atoms in total. The van der Waals surface area contributed by atoms with Crippen molar-refractivity contribution in [2.75, 3.05) is 5.32 Å². The van der Waals surface area contributed by atoms with Crippen LogP contribution < -0.4 is 10.5 Å². The van der Waals surface area contributed by atoms with E-state index in [-0.39, 0.29) is 15.5 Å². The van der Waals surface area contributed by atoms with Crippen molar-refractivity contribution in [3.05, 3.63) is 46.6 Å². The number of aryl methyl sites for hydroxylation is 1. The number of hydrogen-bond donors (Lipinski definition) is 2. The highest BCUT2D eigenvalue weighted by Crippen LogP contribution is 2.21. The zero-order valence-electron chi connectivity index (χ0n) is 10.4. The first-order valence-electron chi connectivity index (χ1n) is 5.46. The van der Waals surface area contributed by atoms with Crippen LogP contribution in [0.4, 0.5) is 10.1 Å². The van der Waals surface area contributed by atoms with E-state index in [0.29, 0.717) is 0 Å². The second kappa shape index (κ2) is 5.31. The van der Waals surface area contributed by atoms with Crippen molar-refractivity contribution >= 4 is 33.0 Å². The molecule has 8 heteroatoms. The maximum Gasteiger partial charge on any atom is 0.256 e. The molecule has 20 heavy (non-hydrogen) atoms. The monoisotopic (exact) mass is 314 g/mol. The number of primary sulfonamides is 1. The minimum atomic E-state index is -3.84. The number of nitrogens with one attached hydrogen (secondary N) is 1. The van der Waals surface area contributed by atoms with Crippen LogP contribution in [-0.4, -0.2) is 14.3 Å². The molecule has 1 aromatic carbocycles. The van der Waals surface area contributed by atoms with E-state index in [4.69, 9.17) is 5.14 Å². The van der Waals surface area contributed by atoms with Gasteiger partial charge in [-0.15, -0.1) is 11.3 Å². The van der Waals surface area contributed by atoms with Crippen molar-refractivity contribution in [1.82, 2.24) is 0 Å². The van der Waals surface area contributed by atoms with Gasteiger partial charge in [0.05, 0.1) is 11.3 Å². The minimum absolute atomic E-state index is 0.0314. The number of carbonyl (C=O) groups excluding carboxylic acids is 1. The number of thiophene rings is 1. The summed E-state index contributed by atoms with van der Waals surface area (Å²) < 4.78 is 35.7. The van der Waals surface area contributed by atoms with Gasteiger partial charge in [-0.25, -0.2) is 17.9 Å². The fourth-order valence-corrected chi connectivity index (χ4v) is 3.09. The molecule has 0 unspecified atom stereocenters. The summed E-state index contributed by atoms with van der Waals surface area (Å²) in [7, 11) is -3.84. The highest BCUT2D eigenvalue weighted by Gasteiger charge is 2.16. The molecule has 0 saturated heterocycles. The molecular formula is C12H11FN2O3S2. The fourth-order valence-electron chi connectivity index (χ4n) is 1.50. The zero-order chi connectivity index (χ0) is 14.9. The van der Waals surface area contributed by atoms with Crippen LogP contribution in [0.25, 0.3) is 0 Å². The number of rotatable bonds is 3. The predicted molar refractivity (Wildman–Crippen MR) is 74.8 cm³/mol. The maximum atomic E-state index is 13.6. The SMILES string of the molecule is Cc1ccc(NC(=O)c2csc(S(N)(=O)=O)c2)c(F)c1. The van der Waals surface area contributed by atoms with Gasteiger partial charge in [-0.3, -0.25) is 4.79 Å². The molecule has 3 N–H and O–H groups in total. The molecule has 0 saturated carbocycles. The molecule has 0 aliphatic heterocycles. The molecule has 0 spiro atoms. The largest absolute Gasteiger partial charge is 0.319 e. The lowest BCUT2D eigenvalue weighted by atomic mass is 10.2. The molecule has 1 amide bonds. The standard InChI is InChI=1S/C12H11FN2O3S2/c1-7-2-3-10(9(13)4-7)15-12(16)8-5-11(19-6-8)20(14,17)18/h2-6H,1H3,(H,15,16)(H2,14,17,18). The van der Waals surface area contributed by atoms with Gasteiger partial charge in [0, 0.05) is 5.38 Å². The smallest absolute Gasteiger partial charge is 0.256 e. The van der Waals surface area contributed by atoms with E-state index in [9.17, 15) is 17.6 Å². The Morgan fingerprint density at radius 2 is 2.05 bits per heavy atom. The second-order valence-electron chi connectivity index (χ2n) is 4.14. The molecule has 0 radical (unpaired) electrons. The van der Waals surface area contributed by atoms with E-state index < -0.39 is 21.7 Å². The van der Waals surface area contributed by atoms with E-state index in [1.807, 2.05) is 0 Å². The van der Waals surface area contributed by atoms with Gasteiger partial charge in [0.1, 0.15) is 10.0 Å². The zero-order valence-corrected chi connectivity index (χ0v) is 12.0. The number of amides is 1. The predicted octanol–water partition coefficient (Wildman–Crippen LogP) is 2.10. The van der Waals surface area contributed by atoms with Gasteiger partial charge in [0.15, 0.2) is 0 Å². The van der Waals surface area contributed by atoms with Crippen LogP contribution in [0.1, 0.15) is 15.9 Å². The number of nitrogens with two attached hydrogens (primary N) is 1. The van der Waals surface area contributed by atoms with E-state index in [1.165, 1.54) is 17.5 Å². The summed E-state index contributed by atoms with van der Waals surface area (Å²) >= 11 is 0.834. The molecule has 0 bridgehead atoms. The third-order valence-electron chi connectivity index (χ3n) is 2.49. The molecule has 0 atom stereocenters. The Kier molecular flexibility index (Phi) is 3.89. The Labute approximate surface area is 119 Å². The summed E-state index contributed by atoms with van der Waals surface area (Å²) in [5, 5.41) is 8.68. The van der Waals surface area contributed by atoms with E-state index in [0.717, 1.165) is 23.0 Å². The summed E-state index contributed by atoms with van der Waals surface area (Å²) in [4.78, 5) is 11.9. The Bertz CT molecular complexity index is 769. The molecule has 2 aromatic rings. The summed E-state index contributed by atoms with van der Waals surface area (Å²) in [5.41, 5.74) is 0.871. The third kappa shape index (κ3) is 3.21. The Morgan fingerprint density at radius 1 is 1.35 bits per heavy atom. The van der Waals surface area contributed by atoms with Gasteiger partial charge in [-0.1, -0.05) is 6.07 Å². The van der Waals surface area contributed by atoms with Crippen LogP contribution in [0.3, 0.4) is 0 Å². The first-order chi connectivity index (χ1) is 9.27. The van der Waals surface area contributed by atoms with Crippen LogP contribution >= 0.6 is 11.3 Å². The molecular weight excluding hydrogens is 303 g/mol. The van der Waals surface area contributed by atoms with Gasteiger partial charge < -0.3 is 5.32 Å². The van der Waals surface area contributed by atoms with Gasteiger partial charge in [-0.05, 0) is 30.7 Å². The number of halogens is 1. The van der Waals surface area contributed by atoms with Crippen LogP contribution in [0.15, 0.2) is 33.9 Å². The number of hydrogen-bond acceptors (Lipinski definition) is 4. The van der Waals surface area contributed by atoms with Gasteiger partial charge in [-0.2, -0.15) is 0 Å². The van der Waals surface area contributed by atoms with Crippen molar-refractivity contribution in [2.45, 2.75) is 11.1 Å². The highest BCUT2D eigenvalue weighted by atomic mass is 32.2. The fraction of sp³-hybridized carbons (Fsp3) is 0.0833. The van der Waals surface area contributed by atoms with Crippen LogP contribution in [-0.2, 0) is 10.0 Å². The van der Waals surface area contributed by atoms with Crippen molar-refractivity contribution in [3.63, 3.8) is 0 Å². The number of anilines is 1. The quantitative estimate of drug-likeness (QED) is 0.909. The average molecular weight is 314 g/mol. The molecule has 0 aliphatic carbocycles. The van der Waals surface area contributed by atoms with E-state index in [2.05, 4.69) is 5.32 Å². The van der Waals surface area contributed by atoms with E-state index in [1.54, 1.807) is 13.0 Å². The van der Waals surface area contributed by atoms with Crippen molar-refractivity contribution in [3.8, 4) is 0 Å². The normalized spacial score (nSPS) is 11.3. The second-order valence-corrected chi connectivity index (χ2v) is 6.84. The first-order valence-corrected chi connectivity index (χ1v) is 7.89. The lowest BCUT2D eigenvalue weighted by Crippen LogP contribution is -2.13. The van der Waals surface area contributed by atoms with Crippen LogP contribution in [0, 0.1) is 12.7 Å². The molecule has 1 aromatic heterocycles. The summed E-state index contributed by atoms with van der Waals surface area (Å²) in [6, 6.07) is 5.54.